The summed E-state index contributed by atoms with van der Waals surface area (Å²) >= 11 is 0. The molecule has 1 amide bonds. The van der Waals surface area contributed by atoms with Crippen LogP contribution in [0.3, 0.4) is 0 Å². The molecule has 0 atom stereocenters. The summed E-state index contributed by atoms with van der Waals surface area (Å²) in [6.07, 6.45) is 7.55. The van der Waals surface area contributed by atoms with Gasteiger partial charge in [-0.05, 0) is 74.5 Å². The predicted molar refractivity (Wildman–Crippen MR) is 124 cm³/mol. The zero-order valence-corrected chi connectivity index (χ0v) is 19.5. The monoisotopic (exact) mass is 468 g/mol. The second-order valence-electron chi connectivity index (χ2n) is 10.5. The topological polar surface area (TPSA) is 105 Å². The summed E-state index contributed by atoms with van der Waals surface area (Å²) in [5.41, 5.74) is 1.33. The lowest BCUT2D eigenvalue weighted by molar-refractivity contribution is -0.136. The van der Waals surface area contributed by atoms with Gasteiger partial charge >= 0.3 is 11.9 Å². The number of benzene rings is 1. The van der Waals surface area contributed by atoms with Crippen molar-refractivity contribution >= 4 is 23.5 Å². The number of β-amino-alcohol motifs (C(OH)–C–C–N with tert-alkyl or cyclic N) is 1. The number of nitrogens with zero attached hydrogens (tertiary/aromatic N) is 1. The van der Waals surface area contributed by atoms with Crippen LogP contribution >= 0.6 is 0 Å². The molecule has 4 bridgehead atoms. The van der Waals surface area contributed by atoms with Crippen molar-refractivity contribution in [3.05, 3.63) is 41.1 Å². The fraction of sp³-hybridized carbons (Fsp3) is 0.577. The number of ether oxygens (including phenoxy) is 2. The number of nitrogens with one attached hydrogen (secondary N) is 1. The predicted octanol–water partition coefficient (Wildman–Crippen LogP) is 2.73. The third-order valence-electron chi connectivity index (χ3n) is 8.00. The summed E-state index contributed by atoms with van der Waals surface area (Å²) < 4.78 is 10.6. The number of hydrogen-bond donors (Lipinski definition) is 2. The summed E-state index contributed by atoms with van der Waals surface area (Å²) in [5.74, 6) is 1.00. The van der Waals surface area contributed by atoms with Gasteiger partial charge in [0.1, 0.15) is 5.70 Å². The first kappa shape index (κ1) is 22.9. The first-order chi connectivity index (χ1) is 16.4. The zero-order valence-electron chi connectivity index (χ0n) is 19.5. The summed E-state index contributed by atoms with van der Waals surface area (Å²) in [6, 6.07) is 6.76. The Bertz CT molecular complexity index is 997. The van der Waals surface area contributed by atoms with E-state index in [1.165, 1.54) is 50.5 Å². The zero-order chi connectivity index (χ0) is 23.9. The average molecular weight is 469 g/mol. The number of rotatable bonds is 8. The Labute approximate surface area is 199 Å². The van der Waals surface area contributed by atoms with Crippen LogP contribution in [0.2, 0.25) is 0 Å². The van der Waals surface area contributed by atoms with Crippen LogP contribution in [-0.2, 0) is 19.1 Å². The molecule has 8 heteroatoms. The number of carbonyl (C=O) groups excluding carboxylic acids is 3. The molecule has 1 aliphatic heterocycles. The molecule has 1 aromatic carbocycles. The smallest absolute Gasteiger partial charge is 0.338 e. The molecule has 0 saturated heterocycles. The molecule has 1 aromatic rings. The van der Waals surface area contributed by atoms with E-state index in [0.29, 0.717) is 17.9 Å². The van der Waals surface area contributed by atoms with Gasteiger partial charge in [0.05, 0.1) is 38.0 Å². The summed E-state index contributed by atoms with van der Waals surface area (Å²) in [6.45, 7) is 0.431. The fourth-order valence-corrected chi connectivity index (χ4v) is 6.99. The Balaban J connectivity index is 1.27. The molecule has 0 spiro atoms. The van der Waals surface area contributed by atoms with Crippen LogP contribution < -0.4 is 5.32 Å². The highest BCUT2D eigenvalue weighted by atomic mass is 16.5. The van der Waals surface area contributed by atoms with Crippen molar-refractivity contribution in [3.8, 4) is 0 Å². The Morgan fingerprint density at radius 1 is 1.12 bits per heavy atom. The van der Waals surface area contributed by atoms with Crippen LogP contribution in [0.1, 0.15) is 48.9 Å². The molecule has 5 aliphatic rings. The molecule has 8 nitrogen and oxygen atoms in total. The summed E-state index contributed by atoms with van der Waals surface area (Å²) in [4.78, 5) is 39.2. The van der Waals surface area contributed by atoms with Crippen molar-refractivity contribution in [2.75, 3.05) is 38.7 Å². The molecule has 2 N–H and O–H groups in total. The number of aliphatic hydroxyl groups excluding tert-OH is 1. The fourth-order valence-electron chi connectivity index (χ4n) is 6.99. The van der Waals surface area contributed by atoms with E-state index in [1.54, 1.807) is 24.3 Å². The van der Waals surface area contributed by atoms with Crippen molar-refractivity contribution < 1.29 is 29.0 Å². The SMILES string of the molecule is COC(=O)C1=C(Nc2cccc(C(=O)OCC34CC5CC(CC(C5)C3)C4)c2)C(=O)N(CCO)C1. The molecule has 0 aromatic heterocycles. The van der Waals surface area contributed by atoms with Gasteiger partial charge in [-0.3, -0.25) is 4.79 Å². The number of methoxy groups -OCH3 is 1. The largest absolute Gasteiger partial charge is 0.466 e. The molecule has 1 heterocycles. The Morgan fingerprint density at radius 2 is 1.79 bits per heavy atom. The third kappa shape index (κ3) is 4.31. The summed E-state index contributed by atoms with van der Waals surface area (Å²) in [7, 11) is 1.26. The molecule has 0 radical (unpaired) electrons. The van der Waals surface area contributed by atoms with Gasteiger partial charge in [-0.15, -0.1) is 0 Å². The summed E-state index contributed by atoms with van der Waals surface area (Å²) in [5, 5.41) is 12.2. The Hall–Kier alpha value is -2.87. The molecule has 4 fully saturated rings. The number of amides is 1. The lowest BCUT2D eigenvalue weighted by Crippen LogP contribution is -2.48. The van der Waals surface area contributed by atoms with Crippen LogP contribution in [0.15, 0.2) is 35.5 Å². The average Bonchev–Trinajstić information content (AvgIpc) is 3.12. The highest BCUT2D eigenvalue weighted by molar-refractivity contribution is 6.08. The molecular formula is C26H32N2O6. The minimum Gasteiger partial charge on any atom is -0.466 e. The van der Waals surface area contributed by atoms with E-state index >= 15 is 0 Å². The van der Waals surface area contributed by atoms with Gasteiger partial charge in [0.2, 0.25) is 0 Å². The molecule has 34 heavy (non-hydrogen) atoms. The van der Waals surface area contributed by atoms with Crippen molar-refractivity contribution in [1.82, 2.24) is 4.90 Å². The molecule has 182 valence electrons. The van der Waals surface area contributed by atoms with Gasteiger partial charge in [-0.25, -0.2) is 9.59 Å². The maximum absolute atomic E-state index is 12.9. The number of hydrogen-bond acceptors (Lipinski definition) is 7. The second-order valence-corrected chi connectivity index (χ2v) is 10.5. The molecule has 0 unspecified atom stereocenters. The van der Waals surface area contributed by atoms with E-state index in [1.807, 2.05) is 0 Å². The molecule has 6 rings (SSSR count). The number of aliphatic hydroxyl groups is 1. The second kappa shape index (κ2) is 9.06. The van der Waals surface area contributed by atoms with Gasteiger partial charge < -0.3 is 24.8 Å². The molecule has 4 saturated carbocycles. The van der Waals surface area contributed by atoms with Gasteiger partial charge in [0.25, 0.3) is 5.91 Å². The van der Waals surface area contributed by atoms with Gasteiger partial charge in [-0.1, -0.05) is 6.07 Å². The van der Waals surface area contributed by atoms with Crippen LogP contribution in [0.4, 0.5) is 5.69 Å². The number of anilines is 1. The maximum atomic E-state index is 12.9. The first-order valence-corrected chi connectivity index (χ1v) is 12.2. The van der Waals surface area contributed by atoms with E-state index in [0.717, 1.165) is 17.8 Å². The van der Waals surface area contributed by atoms with Gasteiger partial charge in [0, 0.05) is 17.6 Å². The molecule has 4 aliphatic carbocycles. The number of carbonyl (C=O) groups is 3. The van der Waals surface area contributed by atoms with Crippen molar-refractivity contribution in [1.29, 1.82) is 0 Å². The van der Waals surface area contributed by atoms with E-state index in [2.05, 4.69) is 5.32 Å². The van der Waals surface area contributed by atoms with Crippen LogP contribution in [0, 0.1) is 23.2 Å². The van der Waals surface area contributed by atoms with Crippen molar-refractivity contribution in [3.63, 3.8) is 0 Å². The van der Waals surface area contributed by atoms with Crippen molar-refractivity contribution in [2.45, 2.75) is 38.5 Å². The Kier molecular flexibility index (Phi) is 6.10. The van der Waals surface area contributed by atoms with E-state index in [-0.39, 0.29) is 42.4 Å². The highest BCUT2D eigenvalue weighted by Crippen LogP contribution is 2.60. The third-order valence-corrected chi connectivity index (χ3v) is 8.00. The number of esters is 2. The minimum atomic E-state index is -0.609. The standard InChI is InChI=1S/C26H32N2O6/c1-33-25(32)21-14-28(5-6-29)23(30)22(21)27-20-4-2-3-19(10-20)24(31)34-15-26-11-16-7-17(12-26)9-18(8-16)13-26/h2-4,10,16-18,27,29H,5-9,11-15H2,1H3. The van der Waals surface area contributed by atoms with Crippen molar-refractivity contribution in [2.24, 2.45) is 23.2 Å². The normalized spacial score (nSPS) is 29.5. The lowest BCUT2D eigenvalue weighted by atomic mass is 9.50. The lowest BCUT2D eigenvalue weighted by Gasteiger charge is -2.56. The quantitative estimate of drug-likeness (QED) is 0.565. The van der Waals surface area contributed by atoms with Gasteiger partial charge in [-0.2, -0.15) is 0 Å². The van der Waals surface area contributed by atoms with E-state index < -0.39 is 11.9 Å². The highest BCUT2D eigenvalue weighted by Gasteiger charge is 2.51. The van der Waals surface area contributed by atoms with Crippen LogP contribution in [-0.4, -0.2) is 61.3 Å². The van der Waals surface area contributed by atoms with Gasteiger partial charge in [0.15, 0.2) is 0 Å². The van der Waals surface area contributed by atoms with Crippen LogP contribution in [0.25, 0.3) is 0 Å². The Morgan fingerprint density at radius 3 is 2.41 bits per heavy atom. The maximum Gasteiger partial charge on any atom is 0.338 e. The molecular weight excluding hydrogens is 436 g/mol. The van der Waals surface area contributed by atoms with Crippen LogP contribution in [0.5, 0.6) is 0 Å². The van der Waals surface area contributed by atoms with E-state index in [9.17, 15) is 19.5 Å². The minimum absolute atomic E-state index is 0.0567. The first-order valence-electron chi connectivity index (χ1n) is 12.2. The van der Waals surface area contributed by atoms with E-state index in [4.69, 9.17) is 9.47 Å².